The standard InChI is InChI=1S/C23H29N9O2/c33-14-13-30-9-11-31(12-10-30)19-6-5-17(15-24-19)26-21-20-18(16-25-29-22(20)34)27-23(28-21)32-7-3-1-2-4-8-32/h5-6,14-16H,1-4,7-13H2,(H,29,34)(H,26,27,28). The Morgan fingerprint density at radius 2 is 1.74 bits per heavy atom. The molecule has 3 aromatic heterocycles. The van der Waals surface area contributed by atoms with Crippen LogP contribution in [0.1, 0.15) is 25.7 Å². The van der Waals surface area contributed by atoms with E-state index in [2.05, 4.69) is 40.2 Å². The van der Waals surface area contributed by atoms with Crippen LogP contribution in [-0.4, -0.2) is 82.1 Å². The molecule has 0 saturated carbocycles. The number of H-pyrrole nitrogens is 1. The molecule has 3 aromatic rings. The summed E-state index contributed by atoms with van der Waals surface area (Å²) in [5.74, 6) is 1.95. The second-order valence-electron chi connectivity index (χ2n) is 8.72. The van der Waals surface area contributed by atoms with Crippen LogP contribution in [0.3, 0.4) is 0 Å². The third-order valence-corrected chi connectivity index (χ3v) is 6.43. The van der Waals surface area contributed by atoms with Crippen LogP contribution in [0.4, 0.5) is 23.3 Å². The fourth-order valence-electron chi connectivity index (χ4n) is 4.54. The van der Waals surface area contributed by atoms with E-state index in [4.69, 9.17) is 4.98 Å². The van der Waals surface area contributed by atoms with E-state index in [0.717, 1.165) is 69.9 Å². The third-order valence-electron chi connectivity index (χ3n) is 6.43. The average molecular weight is 464 g/mol. The summed E-state index contributed by atoms with van der Waals surface area (Å²) in [4.78, 5) is 43.8. The Morgan fingerprint density at radius 1 is 0.941 bits per heavy atom. The zero-order chi connectivity index (χ0) is 23.3. The van der Waals surface area contributed by atoms with Crippen molar-refractivity contribution in [1.29, 1.82) is 0 Å². The van der Waals surface area contributed by atoms with E-state index in [1.165, 1.54) is 12.8 Å². The summed E-state index contributed by atoms with van der Waals surface area (Å²) in [6, 6.07) is 3.90. The number of carbonyl (C=O) groups excluding carboxylic acids is 1. The number of nitrogens with one attached hydrogen (secondary N) is 2. The van der Waals surface area contributed by atoms with Crippen molar-refractivity contribution in [2.75, 3.05) is 60.9 Å². The fourth-order valence-corrected chi connectivity index (χ4v) is 4.54. The Balaban J connectivity index is 1.38. The zero-order valence-corrected chi connectivity index (χ0v) is 19.1. The maximum atomic E-state index is 12.6. The Labute approximate surface area is 197 Å². The highest BCUT2D eigenvalue weighted by molar-refractivity contribution is 5.90. The number of hydrogen-bond acceptors (Lipinski definition) is 10. The molecule has 34 heavy (non-hydrogen) atoms. The van der Waals surface area contributed by atoms with Gasteiger partial charge in [0, 0.05) is 39.3 Å². The van der Waals surface area contributed by atoms with Gasteiger partial charge in [0.15, 0.2) is 0 Å². The Bertz CT molecular complexity index is 1180. The first-order chi connectivity index (χ1) is 16.7. The Kier molecular flexibility index (Phi) is 6.61. The SMILES string of the molecule is O=CCN1CCN(c2ccc(Nc3nc(N4CCCCCC4)nc4cn[nH]c(=O)c34)cn2)CC1. The largest absolute Gasteiger partial charge is 0.354 e. The van der Waals surface area contributed by atoms with E-state index in [1.54, 1.807) is 12.4 Å². The van der Waals surface area contributed by atoms with E-state index in [0.29, 0.717) is 29.2 Å². The third kappa shape index (κ3) is 4.84. The lowest BCUT2D eigenvalue weighted by molar-refractivity contribution is -0.108. The number of piperazine rings is 1. The number of aromatic amines is 1. The van der Waals surface area contributed by atoms with Crippen molar-refractivity contribution < 1.29 is 4.79 Å². The van der Waals surface area contributed by atoms with Crippen molar-refractivity contribution >= 4 is 40.5 Å². The number of hydrogen-bond donors (Lipinski definition) is 2. The second-order valence-corrected chi connectivity index (χ2v) is 8.72. The summed E-state index contributed by atoms with van der Waals surface area (Å²) >= 11 is 0. The molecule has 0 amide bonds. The monoisotopic (exact) mass is 463 g/mol. The molecule has 2 N–H and O–H groups in total. The van der Waals surface area contributed by atoms with Crippen LogP contribution in [-0.2, 0) is 4.79 Å². The fraction of sp³-hybridized carbons (Fsp3) is 0.478. The van der Waals surface area contributed by atoms with Gasteiger partial charge in [-0.15, -0.1) is 0 Å². The number of carbonyl (C=O) groups is 1. The predicted molar refractivity (Wildman–Crippen MR) is 131 cm³/mol. The van der Waals surface area contributed by atoms with E-state index >= 15 is 0 Å². The lowest BCUT2D eigenvalue weighted by atomic mass is 10.2. The number of fused-ring (bicyclic) bond motifs is 1. The van der Waals surface area contributed by atoms with Crippen LogP contribution in [0, 0.1) is 0 Å². The van der Waals surface area contributed by atoms with E-state index in [1.807, 2.05) is 12.1 Å². The number of anilines is 4. The van der Waals surface area contributed by atoms with Crippen LogP contribution < -0.4 is 20.7 Å². The van der Waals surface area contributed by atoms with Gasteiger partial charge in [0.1, 0.15) is 28.8 Å². The predicted octanol–water partition coefficient (Wildman–Crippen LogP) is 1.55. The minimum Gasteiger partial charge on any atom is -0.354 e. The van der Waals surface area contributed by atoms with Gasteiger partial charge < -0.3 is 19.9 Å². The quantitative estimate of drug-likeness (QED) is 0.521. The smallest absolute Gasteiger partial charge is 0.277 e. The van der Waals surface area contributed by atoms with Crippen LogP contribution in [0.25, 0.3) is 10.9 Å². The molecule has 0 aromatic carbocycles. The van der Waals surface area contributed by atoms with Gasteiger partial charge >= 0.3 is 0 Å². The summed E-state index contributed by atoms with van der Waals surface area (Å²) in [7, 11) is 0. The lowest BCUT2D eigenvalue weighted by Gasteiger charge is -2.34. The van der Waals surface area contributed by atoms with Crippen LogP contribution in [0.5, 0.6) is 0 Å². The van der Waals surface area contributed by atoms with Gasteiger partial charge in [-0.25, -0.2) is 15.1 Å². The molecule has 0 atom stereocenters. The van der Waals surface area contributed by atoms with Crippen molar-refractivity contribution in [3.8, 4) is 0 Å². The van der Waals surface area contributed by atoms with E-state index in [9.17, 15) is 9.59 Å². The van der Waals surface area contributed by atoms with Gasteiger partial charge in [-0.05, 0) is 25.0 Å². The Hall–Kier alpha value is -3.60. The minimum absolute atomic E-state index is 0.333. The summed E-state index contributed by atoms with van der Waals surface area (Å²) in [5, 5.41) is 10.1. The molecule has 5 rings (SSSR count). The topological polar surface area (TPSA) is 123 Å². The van der Waals surface area contributed by atoms with Gasteiger partial charge in [-0.2, -0.15) is 10.1 Å². The second kappa shape index (κ2) is 10.1. The lowest BCUT2D eigenvalue weighted by Crippen LogP contribution is -2.47. The first kappa shape index (κ1) is 22.2. The normalized spacial score (nSPS) is 17.5. The zero-order valence-electron chi connectivity index (χ0n) is 19.1. The van der Waals surface area contributed by atoms with Crippen molar-refractivity contribution in [3.05, 3.63) is 34.9 Å². The van der Waals surface area contributed by atoms with Crippen molar-refractivity contribution in [3.63, 3.8) is 0 Å². The summed E-state index contributed by atoms with van der Waals surface area (Å²) < 4.78 is 0. The number of pyridine rings is 1. The molecule has 178 valence electrons. The number of rotatable bonds is 6. The number of nitrogens with zero attached hydrogens (tertiary/aromatic N) is 7. The molecule has 2 aliphatic rings. The Morgan fingerprint density at radius 3 is 2.44 bits per heavy atom. The molecule has 2 aliphatic heterocycles. The first-order valence-corrected chi connectivity index (χ1v) is 11.9. The molecular weight excluding hydrogens is 434 g/mol. The molecule has 0 radical (unpaired) electrons. The van der Waals surface area contributed by atoms with Crippen LogP contribution in [0.15, 0.2) is 29.3 Å². The van der Waals surface area contributed by atoms with Crippen molar-refractivity contribution in [2.45, 2.75) is 25.7 Å². The number of aromatic nitrogens is 5. The molecule has 5 heterocycles. The molecule has 0 spiro atoms. The van der Waals surface area contributed by atoms with Gasteiger partial charge in [0.25, 0.3) is 5.56 Å². The van der Waals surface area contributed by atoms with E-state index in [-0.39, 0.29) is 5.56 Å². The van der Waals surface area contributed by atoms with Crippen molar-refractivity contribution in [1.82, 2.24) is 30.0 Å². The van der Waals surface area contributed by atoms with Gasteiger partial charge in [0.05, 0.1) is 24.6 Å². The molecule has 2 fully saturated rings. The van der Waals surface area contributed by atoms with E-state index < -0.39 is 0 Å². The molecule has 0 unspecified atom stereocenters. The van der Waals surface area contributed by atoms with Gasteiger partial charge in [-0.3, -0.25) is 9.69 Å². The summed E-state index contributed by atoms with van der Waals surface area (Å²) in [5.41, 5.74) is 0.917. The minimum atomic E-state index is -0.333. The summed E-state index contributed by atoms with van der Waals surface area (Å²) in [6.07, 6.45) is 8.89. The molecule has 0 bridgehead atoms. The highest BCUT2D eigenvalue weighted by atomic mass is 16.1. The summed E-state index contributed by atoms with van der Waals surface area (Å²) in [6.45, 7) is 5.60. The van der Waals surface area contributed by atoms with Crippen molar-refractivity contribution in [2.24, 2.45) is 0 Å². The molecular formula is C23H29N9O2. The van der Waals surface area contributed by atoms with Crippen LogP contribution in [0.2, 0.25) is 0 Å². The molecule has 11 heteroatoms. The highest BCUT2D eigenvalue weighted by Crippen LogP contribution is 2.25. The average Bonchev–Trinajstić information content (AvgIpc) is 3.15. The van der Waals surface area contributed by atoms with Gasteiger partial charge in [-0.1, -0.05) is 12.8 Å². The highest BCUT2D eigenvalue weighted by Gasteiger charge is 2.19. The maximum Gasteiger partial charge on any atom is 0.277 e. The molecule has 2 saturated heterocycles. The first-order valence-electron chi connectivity index (χ1n) is 11.9. The molecule has 0 aliphatic carbocycles. The van der Waals surface area contributed by atoms with Gasteiger partial charge in [0.2, 0.25) is 5.95 Å². The van der Waals surface area contributed by atoms with Crippen LogP contribution >= 0.6 is 0 Å². The number of aldehydes is 1. The molecule has 11 nitrogen and oxygen atoms in total. The maximum absolute atomic E-state index is 12.6.